The molecule has 4 heterocycles. The van der Waals surface area contributed by atoms with Gasteiger partial charge in [0.25, 0.3) is 0 Å². The summed E-state index contributed by atoms with van der Waals surface area (Å²) in [7, 11) is -3.06. The van der Waals surface area contributed by atoms with Crippen LogP contribution < -0.4 is 20.7 Å². The van der Waals surface area contributed by atoms with E-state index in [1.54, 1.807) is 11.3 Å². The molecule has 0 atom stereocenters. The van der Waals surface area contributed by atoms with E-state index in [1.807, 2.05) is 13.0 Å². The minimum Gasteiger partial charge on any atom is -0.296 e. The molecular formula is C48H36N4SSi. The molecule has 0 radical (unpaired) electrons. The highest BCUT2D eigenvalue weighted by Gasteiger charge is 2.42. The number of rotatable bonds is 5. The molecule has 54 heavy (non-hydrogen) atoms. The predicted octanol–water partition coefficient (Wildman–Crippen LogP) is 8.91. The number of aromatic nitrogens is 4. The zero-order valence-corrected chi connectivity index (χ0v) is 31.7. The molecule has 0 saturated heterocycles. The first-order valence-corrected chi connectivity index (χ1v) is 21.2. The molecule has 258 valence electrons. The number of hydrogen-bond donors (Lipinski definition) is 0. The first-order chi connectivity index (χ1) is 27.7. The molecule has 0 unspecified atom stereocenters. The first kappa shape index (κ1) is 28.4. The third-order valence-electron chi connectivity index (χ3n) is 11.5. The molecule has 0 saturated carbocycles. The second-order valence-corrected chi connectivity index (χ2v) is 19.3. The van der Waals surface area contributed by atoms with E-state index in [0.717, 1.165) is 60.8 Å². The maximum absolute atomic E-state index is 8.79. The topological polar surface area (TPSA) is 35.1 Å². The predicted molar refractivity (Wildman–Crippen MR) is 229 cm³/mol. The van der Waals surface area contributed by atoms with Crippen molar-refractivity contribution in [3.63, 3.8) is 0 Å². The fourth-order valence-electron chi connectivity index (χ4n) is 9.06. The smallest absolute Gasteiger partial charge is 0.195 e. The van der Waals surface area contributed by atoms with Gasteiger partial charge in [0.1, 0.15) is 5.82 Å². The maximum Gasteiger partial charge on any atom is 0.195 e. The van der Waals surface area contributed by atoms with Crippen molar-refractivity contribution in [1.29, 1.82) is 0 Å². The molecule has 7 aromatic carbocycles. The molecule has 0 fully saturated rings. The summed E-state index contributed by atoms with van der Waals surface area (Å²) >= 11 is 1.72. The highest BCUT2D eigenvalue weighted by molar-refractivity contribution is 7.23. The zero-order valence-electron chi connectivity index (χ0n) is 32.8. The van der Waals surface area contributed by atoms with Crippen molar-refractivity contribution in [1.82, 2.24) is 18.9 Å². The van der Waals surface area contributed by atoms with Crippen LogP contribution in [0.3, 0.4) is 0 Å². The van der Waals surface area contributed by atoms with Gasteiger partial charge < -0.3 is 0 Å². The Bertz CT molecular complexity index is 3200. The van der Waals surface area contributed by atoms with Crippen LogP contribution in [-0.4, -0.2) is 27.0 Å². The van der Waals surface area contributed by atoms with Crippen molar-refractivity contribution >= 4 is 77.4 Å². The fourth-order valence-corrected chi connectivity index (χ4v) is 15.0. The number of benzene rings is 7. The zero-order chi connectivity index (χ0) is 38.6. The number of imidazole rings is 2. The molecule has 0 N–H and O–H groups in total. The number of nitrogens with zero attached hydrogens (tertiary/aromatic N) is 4. The Balaban J connectivity index is 1.22. The third-order valence-corrected chi connectivity index (χ3v) is 17.3. The molecule has 0 bridgehead atoms. The average molecular weight is 732 g/mol. The highest BCUT2D eigenvalue weighted by Crippen LogP contribution is 2.38. The van der Waals surface area contributed by atoms with Crippen LogP contribution >= 0.6 is 11.3 Å². The third kappa shape index (κ3) is 4.35. The molecule has 0 aliphatic carbocycles. The van der Waals surface area contributed by atoms with E-state index < -0.39 is 14.9 Å². The van der Waals surface area contributed by atoms with E-state index in [4.69, 9.17) is 14.1 Å². The number of hydrogen-bond acceptors (Lipinski definition) is 3. The summed E-state index contributed by atoms with van der Waals surface area (Å²) in [6.07, 6.45) is 0.672. The summed E-state index contributed by atoms with van der Waals surface area (Å²) in [4.78, 5) is 11.2. The summed E-state index contributed by atoms with van der Waals surface area (Å²) in [5, 5.41) is 5.01. The van der Waals surface area contributed by atoms with Gasteiger partial charge in [0.2, 0.25) is 0 Å². The van der Waals surface area contributed by atoms with Crippen molar-refractivity contribution in [2.24, 2.45) is 0 Å². The Morgan fingerprint density at radius 2 is 1.33 bits per heavy atom. The molecule has 3 aromatic heterocycles. The summed E-state index contributed by atoms with van der Waals surface area (Å²) in [5.74, 6) is 0.875. The summed E-state index contributed by atoms with van der Waals surface area (Å²) in [6.45, 7) is 1.79. The van der Waals surface area contributed by atoms with Crippen molar-refractivity contribution in [2.45, 2.75) is 27.1 Å². The normalized spacial score (nSPS) is 13.7. The van der Waals surface area contributed by atoms with Gasteiger partial charge in [-0.2, -0.15) is 0 Å². The lowest BCUT2D eigenvalue weighted by Crippen LogP contribution is -2.74. The Kier molecular flexibility index (Phi) is 6.16. The summed E-state index contributed by atoms with van der Waals surface area (Å²) < 4.78 is 32.1. The number of para-hydroxylation sites is 2. The quantitative estimate of drug-likeness (QED) is 0.131. The van der Waals surface area contributed by atoms with Gasteiger partial charge in [-0.3, -0.25) is 8.97 Å². The second kappa shape index (κ2) is 11.7. The van der Waals surface area contributed by atoms with Gasteiger partial charge in [0, 0.05) is 10.5 Å². The van der Waals surface area contributed by atoms with Crippen molar-refractivity contribution < 1.29 is 4.11 Å². The van der Waals surface area contributed by atoms with Crippen LogP contribution in [0.25, 0.3) is 54.1 Å². The van der Waals surface area contributed by atoms with Crippen LogP contribution in [0.5, 0.6) is 0 Å². The minimum absolute atomic E-state index is 0.322. The molecule has 1 aliphatic rings. The van der Waals surface area contributed by atoms with Crippen LogP contribution in [0.15, 0.2) is 152 Å². The second-order valence-electron chi connectivity index (χ2n) is 14.5. The largest absolute Gasteiger partial charge is 0.296 e. The molecule has 6 heteroatoms. The lowest BCUT2D eigenvalue weighted by Gasteiger charge is -2.35. The first-order valence-electron chi connectivity index (χ1n) is 19.9. The summed E-state index contributed by atoms with van der Waals surface area (Å²) in [5.41, 5.74) is 11.0. The van der Waals surface area contributed by atoms with Crippen LogP contribution in [0.1, 0.15) is 32.2 Å². The average Bonchev–Trinajstić information content (AvgIpc) is 3.97. The summed E-state index contributed by atoms with van der Waals surface area (Å²) in [6, 6.07) is 54.7. The van der Waals surface area contributed by atoms with Crippen molar-refractivity contribution in [2.75, 3.05) is 0 Å². The van der Waals surface area contributed by atoms with E-state index in [2.05, 4.69) is 161 Å². The van der Waals surface area contributed by atoms with E-state index in [-0.39, 0.29) is 0 Å². The number of thiazole rings is 1. The van der Waals surface area contributed by atoms with E-state index in [0.29, 0.717) is 17.5 Å². The molecule has 0 spiro atoms. The van der Waals surface area contributed by atoms with Gasteiger partial charge in [-0.1, -0.05) is 133 Å². The SMILES string of the molecule is [2H]C([2H])([2H])c1c(C)c(-c2cccc([Si](c3ccccc3)(c3ccccc3)c3cc(C)c4nc5sc6ccccc6n5c4c3)c2)cc2c1nc1n2-c2ccccc2C1. The molecule has 0 amide bonds. The number of aryl methyl sites for hydroxylation is 2. The Labute approximate surface area is 322 Å². The highest BCUT2D eigenvalue weighted by atomic mass is 32.1. The molecule has 4 nitrogen and oxygen atoms in total. The molecule has 1 aliphatic heterocycles. The van der Waals surface area contributed by atoms with Crippen LogP contribution in [0.4, 0.5) is 0 Å². The van der Waals surface area contributed by atoms with Gasteiger partial charge in [0.15, 0.2) is 13.0 Å². The van der Waals surface area contributed by atoms with Gasteiger partial charge in [-0.25, -0.2) is 9.97 Å². The molecule has 11 rings (SSSR count). The Morgan fingerprint density at radius 3 is 2.13 bits per heavy atom. The van der Waals surface area contributed by atoms with E-state index >= 15 is 0 Å². The van der Waals surface area contributed by atoms with Gasteiger partial charge in [0.05, 0.1) is 38.0 Å². The minimum atomic E-state index is -3.06. The van der Waals surface area contributed by atoms with Gasteiger partial charge >= 0.3 is 0 Å². The van der Waals surface area contributed by atoms with Crippen LogP contribution in [0, 0.1) is 20.7 Å². The maximum atomic E-state index is 8.79. The van der Waals surface area contributed by atoms with E-state index in [9.17, 15) is 0 Å². The fraction of sp³-hybridized carbons (Fsp3) is 0.0833. The Hall–Kier alpha value is -6.08. The molecular weight excluding hydrogens is 693 g/mol. The van der Waals surface area contributed by atoms with Crippen LogP contribution in [-0.2, 0) is 6.42 Å². The lowest BCUT2D eigenvalue weighted by atomic mass is 9.95. The van der Waals surface area contributed by atoms with Crippen LogP contribution in [0.2, 0.25) is 0 Å². The van der Waals surface area contributed by atoms with Gasteiger partial charge in [-0.05, 0) is 105 Å². The van der Waals surface area contributed by atoms with Crippen molar-refractivity contribution in [3.8, 4) is 16.8 Å². The van der Waals surface area contributed by atoms with Crippen molar-refractivity contribution in [3.05, 3.63) is 180 Å². The monoisotopic (exact) mass is 731 g/mol. The van der Waals surface area contributed by atoms with E-state index in [1.165, 1.54) is 31.0 Å². The molecule has 10 aromatic rings. The Morgan fingerprint density at radius 1 is 0.611 bits per heavy atom. The lowest BCUT2D eigenvalue weighted by molar-refractivity contribution is 1.02. The standard InChI is InChI=1S/C48H36N4SSi/c1-30-25-38(28-42-46(30)50-48-52(42)41-23-12-13-24-44(41)53-48)54(35-17-6-4-7-18-35,36-19-8-5-9-20-36)37-21-14-16-33(26-37)39-29-43-47(32(3)31(39)2)49-45-27-34-15-10-11-22-40(34)51(43)45/h4-26,28-29H,27H2,1-3H3/i3D3. The number of fused-ring (bicyclic) bond motifs is 10. The van der Waals surface area contributed by atoms with Gasteiger partial charge in [-0.15, -0.1) is 0 Å².